The maximum Gasteiger partial charge on any atom is 0.224 e. The van der Waals surface area contributed by atoms with E-state index < -0.39 is 21.9 Å². The minimum atomic E-state index is -3.25. The molecule has 2 saturated heterocycles. The monoisotopic (exact) mass is 382 g/mol. The van der Waals surface area contributed by atoms with Gasteiger partial charge in [-0.25, -0.2) is 8.42 Å². The minimum absolute atomic E-state index is 0.00240. The van der Waals surface area contributed by atoms with E-state index in [1.54, 1.807) is 32.9 Å². The van der Waals surface area contributed by atoms with Gasteiger partial charge in [-0.2, -0.15) is 5.10 Å². The maximum atomic E-state index is 12.7. The lowest BCUT2D eigenvalue weighted by atomic mass is 10.0. The zero-order valence-electron chi connectivity index (χ0n) is 15.1. The van der Waals surface area contributed by atoms with Gasteiger partial charge >= 0.3 is 0 Å². The third kappa shape index (κ3) is 4.08. The van der Waals surface area contributed by atoms with Crippen LogP contribution >= 0.6 is 0 Å². The molecule has 3 heterocycles. The summed E-state index contributed by atoms with van der Waals surface area (Å²) in [6, 6.07) is 0.960. The van der Waals surface area contributed by atoms with Crippen LogP contribution in [0.1, 0.15) is 32.6 Å². The van der Waals surface area contributed by atoms with Crippen LogP contribution in [0.25, 0.3) is 0 Å². The summed E-state index contributed by atoms with van der Waals surface area (Å²) in [6.07, 6.45) is 5.88. The fourth-order valence-electron chi connectivity index (χ4n) is 3.83. The second-order valence-corrected chi connectivity index (χ2v) is 9.16. The molecule has 2 aliphatic rings. The summed E-state index contributed by atoms with van der Waals surface area (Å²) in [6.45, 7) is 3.29. The molecule has 1 aromatic heterocycles. The second-order valence-electron chi connectivity index (χ2n) is 7.01. The Labute approximate surface area is 154 Å². The van der Waals surface area contributed by atoms with Crippen molar-refractivity contribution in [2.45, 2.75) is 51.2 Å². The number of nitrogens with zero attached hydrogens (tertiary/aromatic N) is 4. The SMILES string of the molecule is CCCCC(=O)N1CCN(C(=O)CCn2cccn2)[C@H]2CS(=O)(=O)C[C@H]21. The van der Waals surface area contributed by atoms with Crippen LogP contribution < -0.4 is 0 Å². The van der Waals surface area contributed by atoms with Crippen LogP contribution in [-0.4, -0.2) is 76.5 Å². The highest BCUT2D eigenvalue weighted by atomic mass is 32.2. The van der Waals surface area contributed by atoms with Crippen molar-refractivity contribution in [2.75, 3.05) is 24.6 Å². The number of rotatable bonds is 6. The zero-order chi connectivity index (χ0) is 18.7. The normalized spacial score (nSPS) is 24.5. The van der Waals surface area contributed by atoms with E-state index in [-0.39, 0.29) is 29.7 Å². The number of carbonyl (C=O) groups is 2. The van der Waals surface area contributed by atoms with Gasteiger partial charge in [0.2, 0.25) is 11.8 Å². The lowest BCUT2D eigenvalue weighted by Crippen LogP contribution is -2.62. The van der Waals surface area contributed by atoms with E-state index in [4.69, 9.17) is 0 Å². The van der Waals surface area contributed by atoms with Gasteiger partial charge in [0, 0.05) is 44.9 Å². The molecule has 1 aromatic rings. The molecule has 26 heavy (non-hydrogen) atoms. The Kier molecular flexibility index (Phi) is 5.64. The fraction of sp³-hybridized carbons (Fsp3) is 0.706. The van der Waals surface area contributed by atoms with Gasteiger partial charge in [-0.1, -0.05) is 13.3 Å². The topological polar surface area (TPSA) is 92.6 Å². The van der Waals surface area contributed by atoms with Crippen molar-refractivity contribution in [3.8, 4) is 0 Å². The molecule has 2 amide bonds. The Morgan fingerprint density at radius 2 is 1.69 bits per heavy atom. The molecule has 2 atom stereocenters. The van der Waals surface area contributed by atoms with Crippen LogP contribution in [0, 0.1) is 0 Å². The molecule has 0 aromatic carbocycles. The molecular formula is C17H26N4O4S. The van der Waals surface area contributed by atoms with E-state index in [0.717, 1.165) is 12.8 Å². The second kappa shape index (κ2) is 7.77. The van der Waals surface area contributed by atoms with Crippen molar-refractivity contribution in [3.63, 3.8) is 0 Å². The zero-order valence-corrected chi connectivity index (χ0v) is 15.9. The Balaban J connectivity index is 1.69. The average molecular weight is 382 g/mol. The van der Waals surface area contributed by atoms with Crippen LogP contribution in [0.4, 0.5) is 0 Å². The van der Waals surface area contributed by atoms with E-state index in [1.807, 2.05) is 6.92 Å². The van der Waals surface area contributed by atoms with Gasteiger partial charge in [-0.05, 0) is 12.5 Å². The standard InChI is InChI=1S/C17H26N4O4S/c1-2-3-5-16(22)20-10-11-21(15-13-26(24,25)12-14(15)20)17(23)6-9-19-8-4-7-18-19/h4,7-8,14-15H,2-3,5-6,9-13H2,1H3/t14-,15+/m1/s1. The summed E-state index contributed by atoms with van der Waals surface area (Å²) in [5.74, 6) is -0.169. The van der Waals surface area contributed by atoms with Crippen LogP contribution in [0.2, 0.25) is 0 Å². The van der Waals surface area contributed by atoms with E-state index in [0.29, 0.717) is 26.1 Å². The molecule has 0 saturated carbocycles. The molecule has 3 rings (SSSR count). The third-order valence-electron chi connectivity index (χ3n) is 5.17. The summed E-state index contributed by atoms with van der Waals surface area (Å²) in [7, 11) is -3.25. The highest BCUT2D eigenvalue weighted by Gasteiger charge is 2.49. The number of hydrogen-bond donors (Lipinski definition) is 0. The molecular weight excluding hydrogens is 356 g/mol. The van der Waals surface area contributed by atoms with E-state index in [9.17, 15) is 18.0 Å². The first-order chi connectivity index (χ1) is 12.4. The molecule has 0 radical (unpaired) electrons. The predicted octanol–water partition coefficient (Wildman–Crippen LogP) is 0.300. The third-order valence-corrected chi connectivity index (χ3v) is 6.87. The molecule has 2 aliphatic heterocycles. The summed E-state index contributed by atoms with van der Waals surface area (Å²) in [5.41, 5.74) is 0. The summed E-state index contributed by atoms with van der Waals surface area (Å²) < 4.78 is 26.1. The molecule has 0 unspecified atom stereocenters. The van der Waals surface area contributed by atoms with Gasteiger partial charge in [0.1, 0.15) is 0 Å². The maximum absolute atomic E-state index is 12.7. The van der Waals surface area contributed by atoms with Crippen molar-refractivity contribution >= 4 is 21.7 Å². The van der Waals surface area contributed by atoms with Crippen molar-refractivity contribution in [1.29, 1.82) is 0 Å². The number of aromatic nitrogens is 2. The van der Waals surface area contributed by atoms with Crippen LogP contribution in [-0.2, 0) is 26.0 Å². The van der Waals surface area contributed by atoms with Gasteiger partial charge in [0.05, 0.1) is 23.6 Å². The first kappa shape index (κ1) is 18.9. The Morgan fingerprint density at radius 1 is 1.08 bits per heavy atom. The molecule has 0 aliphatic carbocycles. The van der Waals surface area contributed by atoms with Gasteiger partial charge in [-0.3, -0.25) is 14.3 Å². The quantitative estimate of drug-likeness (QED) is 0.706. The predicted molar refractivity (Wildman–Crippen MR) is 96.0 cm³/mol. The number of piperazine rings is 1. The van der Waals surface area contributed by atoms with Crippen molar-refractivity contribution < 1.29 is 18.0 Å². The summed E-state index contributed by atoms with van der Waals surface area (Å²) >= 11 is 0. The van der Waals surface area contributed by atoms with Crippen LogP contribution in [0.5, 0.6) is 0 Å². The summed E-state index contributed by atoms with van der Waals surface area (Å²) in [5, 5.41) is 4.08. The highest BCUT2D eigenvalue weighted by molar-refractivity contribution is 7.91. The lowest BCUT2D eigenvalue weighted by molar-refractivity contribution is -0.145. The van der Waals surface area contributed by atoms with Crippen molar-refractivity contribution in [3.05, 3.63) is 18.5 Å². The van der Waals surface area contributed by atoms with E-state index in [1.165, 1.54) is 0 Å². The lowest BCUT2D eigenvalue weighted by Gasteiger charge is -2.44. The molecule has 0 N–H and O–H groups in total. The van der Waals surface area contributed by atoms with Gasteiger partial charge in [0.15, 0.2) is 9.84 Å². The van der Waals surface area contributed by atoms with E-state index >= 15 is 0 Å². The van der Waals surface area contributed by atoms with Crippen molar-refractivity contribution in [2.24, 2.45) is 0 Å². The Morgan fingerprint density at radius 3 is 2.23 bits per heavy atom. The fourth-order valence-corrected chi connectivity index (χ4v) is 5.81. The largest absolute Gasteiger partial charge is 0.335 e. The molecule has 9 heteroatoms. The minimum Gasteiger partial charge on any atom is -0.335 e. The molecule has 0 bridgehead atoms. The van der Waals surface area contributed by atoms with Crippen molar-refractivity contribution in [1.82, 2.24) is 19.6 Å². The Bertz CT molecular complexity index is 747. The van der Waals surface area contributed by atoms with Gasteiger partial charge in [-0.15, -0.1) is 0 Å². The average Bonchev–Trinajstić information content (AvgIpc) is 3.22. The van der Waals surface area contributed by atoms with Gasteiger partial charge < -0.3 is 9.80 Å². The molecule has 0 spiro atoms. The number of unbranched alkanes of at least 4 members (excludes halogenated alkanes) is 1. The number of sulfone groups is 1. The number of fused-ring (bicyclic) bond motifs is 1. The highest BCUT2D eigenvalue weighted by Crippen LogP contribution is 2.28. The molecule has 144 valence electrons. The Hall–Kier alpha value is -1.90. The number of aryl methyl sites for hydroxylation is 1. The van der Waals surface area contributed by atoms with Crippen LogP contribution in [0.3, 0.4) is 0 Å². The molecule has 2 fully saturated rings. The smallest absolute Gasteiger partial charge is 0.224 e. The van der Waals surface area contributed by atoms with E-state index in [2.05, 4.69) is 5.10 Å². The number of hydrogen-bond acceptors (Lipinski definition) is 5. The number of amides is 2. The number of carbonyl (C=O) groups excluding carboxylic acids is 2. The van der Waals surface area contributed by atoms with Gasteiger partial charge in [0.25, 0.3) is 0 Å². The summed E-state index contributed by atoms with van der Waals surface area (Å²) in [4.78, 5) is 28.5. The van der Waals surface area contributed by atoms with Crippen LogP contribution in [0.15, 0.2) is 18.5 Å². The molecule has 8 nitrogen and oxygen atoms in total. The first-order valence-corrected chi connectivity index (χ1v) is 11.0. The first-order valence-electron chi connectivity index (χ1n) is 9.18.